The Labute approximate surface area is 537 Å². The van der Waals surface area contributed by atoms with E-state index in [9.17, 15) is 10.0 Å². The van der Waals surface area contributed by atoms with Gasteiger partial charge in [0.15, 0.2) is 0 Å². The highest BCUT2D eigenvalue weighted by Gasteiger charge is 2.21. The second-order valence-corrected chi connectivity index (χ2v) is 23.5. The standard InChI is InChI=1S/C40H26N4.C22H14BrN3.C18H14BNO2/c1-3-10-28(11-4-1)38-37-24-21-29-12-9-25-41-39(29)44(37)40(42-38)30-19-17-27(18-20-30)31-22-23-36-34(26-31)33-15-7-8-16-35(33)43(36)32-13-5-2-6-14-32;23-18-11-8-17(9-12-18)22-25-20(15-5-2-1-3-6-15)19-13-10-16-7-4-14-24-21(16)26(19)22;21-19(22)13-10-11-18-16(12-13)15-8-4-5-9-17(15)20(18)14-6-2-1-3-7-14/h1-26H;1-14H;1-12,21-22H. The maximum Gasteiger partial charge on any atom is 0.488 e. The molecule has 0 aliphatic heterocycles. The highest BCUT2D eigenvalue weighted by atomic mass is 79.9. The molecule has 10 aromatic carbocycles. The number of halogens is 1. The van der Waals surface area contributed by atoms with Gasteiger partial charge in [-0.3, -0.25) is 8.80 Å². The van der Waals surface area contributed by atoms with Crippen LogP contribution in [0.2, 0.25) is 0 Å². The summed E-state index contributed by atoms with van der Waals surface area (Å²) in [5.74, 6) is 1.78. The van der Waals surface area contributed by atoms with Crippen molar-refractivity contribution in [2.45, 2.75) is 0 Å². The Bertz CT molecular complexity index is 5740. The van der Waals surface area contributed by atoms with Crippen molar-refractivity contribution >= 4 is 105 Å². The number of para-hydroxylation sites is 4. The maximum atomic E-state index is 9.43. The lowest BCUT2D eigenvalue weighted by Gasteiger charge is -2.09. The minimum atomic E-state index is -1.46. The van der Waals surface area contributed by atoms with Crippen LogP contribution in [-0.4, -0.2) is 55.0 Å². The summed E-state index contributed by atoms with van der Waals surface area (Å²) >= 11 is 3.51. The lowest BCUT2D eigenvalue weighted by Crippen LogP contribution is -2.29. The van der Waals surface area contributed by atoms with Crippen LogP contribution >= 0.6 is 15.9 Å². The van der Waals surface area contributed by atoms with Crippen LogP contribution in [0.1, 0.15) is 0 Å². The topological polar surface area (TPSA) is 111 Å². The molecule has 0 radical (unpaired) electrons. The first-order chi connectivity index (χ1) is 45.4. The number of hydrogen-bond donors (Lipinski definition) is 2. The minimum absolute atomic E-state index is 0.503. The zero-order chi connectivity index (χ0) is 61.7. The molecule has 0 spiro atoms. The fourth-order valence-electron chi connectivity index (χ4n) is 12.8. The van der Waals surface area contributed by atoms with Gasteiger partial charge in [0.2, 0.25) is 0 Å². The Balaban J connectivity index is 0.000000119. The third-order valence-electron chi connectivity index (χ3n) is 17.1. The van der Waals surface area contributed by atoms with Crippen LogP contribution in [0.4, 0.5) is 0 Å². The van der Waals surface area contributed by atoms with Crippen LogP contribution in [0.5, 0.6) is 0 Å². The van der Waals surface area contributed by atoms with E-state index in [1.165, 1.54) is 38.6 Å². The first-order valence-electron chi connectivity index (χ1n) is 30.4. The van der Waals surface area contributed by atoms with E-state index in [0.29, 0.717) is 5.46 Å². The van der Waals surface area contributed by atoms with Crippen molar-refractivity contribution in [3.05, 3.63) is 320 Å². The fourth-order valence-corrected chi connectivity index (χ4v) is 13.1. The van der Waals surface area contributed by atoms with Crippen LogP contribution in [0.15, 0.2) is 320 Å². The number of imidazole rings is 2. The maximum absolute atomic E-state index is 9.43. The van der Waals surface area contributed by atoms with Gasteiger partial charge in [-0.15, -0.1) is 0 Å². The second-order valence-electron chi connectivity index (χ2n) is 22.6. The molecule has 8 heterocycles. The molecule has 0 aliphatic rings. The van der Waals surface area contributed by atoms with Gasteiger partial charge in [0, 0.05) is 82.8 Å². The summed E-state index contributed by atoms with van der Waals surface area (Å²) in [7, 11) is -1.46. The lowest BCUT2D eigenvalue weighted by atomic mass is 9.80. The molecule has 0 saturated heterocycles. The lowest BCUT2D eigenvalue weighted by molar-refractivity contribution is 0.426. The van der Waals surface area contributed by atoms with Gasteiger partial charge < -0.3 is 19.2 Å². The van der Waals surface area contributed by atoms with Crippen molar-refractivity contribution in [3.63, 3.8) is 0 Å². The summed E-state index contributed by atoms with van der Waals surface area (Å²) in [6.07, 6.45) is 3.68. The molecule has 0 unspecified atom stereocenters. The van der Waals surface area contributed by atoms with Gasteiger partial charge in [0.05, 0.1) is 44.5 Å². The fraction of sp³-hybridized carbons (Fsp3) is 0. The van der Waals surface area contributed by atoms with E-state index in [0.717, 1.165) is 110 Å². The highest BCUT2D eigenvalue weighted by molar-refractivity contribution is 9.10. The number of rotatable bonds is 8. The Morgan fingerprint density at radius 3 is 1.18 bits per heavy atom. The van der Waals surface area contributed by atoms with E-state index in [-0.39, 0.29) is 0 Å². The predicted molar refractivity (Wildman–Crippen MR) is 381 cm³/mol. The first kappa shape index (κ1) is 55.8. The summed E-state index contributed by atoms with van der Waals surface area (Å²) in [4.78, 5) is 19.6. The molecule has 0 amide bonds. The number of benzene rings is 10. The molecule has 436 valence electrons. The average molecular weight is 1250 g/mol. The van der Waals surface area contributed by atoms with E-state index in [1.54, 1.807) is 6.07 Å². The van der Waals surface area contributed by atoms with E-state index in [4.69, 9.17) is 15.0 Å². The average Bonchev–Trinajstić information content (AvgIpc) is 1.68. The molecule has 0 aliphatic carbocycles. The SMILES string of the molecule is Brc1ccc(-c2nc(-c3ccccc3)c3ccc4cccnc4n23)cc1.OB(O)c1ccc2c(c1)c1ccccc1n2-c1ccccc1.c1ccc(-c2nc(-c3ccc(-c4ccc5c(c4)c4ccccc4n5-c4ccccc4)cc3)n3c2ccc2cccnc23)cc1. The van der Waals surface area contributed by atoms with Gasteiger partial charge in [-0.1, -0.05) is 204 Å². The molecule has 12 heteroatoms. The zero-order valence-electron chi connectivity index (χ0n) is 49.4. The van der Waals surface area contributed by atoms with Crippen molar-refractivity contribution in [3.8, 4) is 67.8 Å². The minimum Gasteiger partial charge on any atom is -0.423 e. The molecule has 10 nitrogen and oxygen atoms in total. The highest BCUT2D eigenvalue weighted by Crippen LogP contribution is 2.39. The summed E-state index contributed by atoms with van der Waals surface area (Å²) < 4.78 is 9.94. The summed E-state index contributed by atoms with van der Waals surface area (Å²) in [6, 6.07) is 104. The Morgan fingerprint density at radius 1 is 0.304 bits per heavy atom. The Morgan fingerprint density at radius 2 is 0.696 bits per heavy atom. The molecule has 0 bridgehead atoms. The van der Waals surface area contributed by atoms with Crippen LogP contribution in [0.25, 0.3) is 145 Å². The van der Waals surface area contributed by atoms with Crippen LogP contribution in [0, 0.1) is 0 Å². The van der Waals surface area contributed by atoms with Crippen molar-refractivity contribution < 1.29 is 10.0 Å². The first-order valence-corrected chi connectivity index (χ1v) is 31.2. The number of fused-ring (bicyclic) bond motifs is 12. The van der Waals surface area contributed by atoms with Gasteiger partial charge in [-0.05, 0) is 132 Å². The van der Waals surface area contributed by atoms with Crippen LogP contribution in [-0.2, 0) is 0 Å². The molecule has 2 N–H and O–H groups in total. The molecule has 18 rings (SSSR count). The van der Waals surface area contributed by atoms with Gasteiger partial charge in [0.1, 0.15) is 22.9 Å². The van der Waals surface area contributed by atoms with Gasteiger partial charge in [-0.25, -0.2) is 19.9 Å². The molecule has 92 heavy (non-hydrogen) atoms. The number of aromatic nitrogens is 8. The zero-order valence-corrected chi connectivity index (χ0v) is 51.0. The van der Waals surface area contributed by atoms with Crippen LogP contribution < -0.4 is 5.46 Å². The smallest absolute Gasteiger partial charge is 0.423 e. The molecular weight excluding hydrogens is 1200 g/mol. The summed E-state index contributed by atoms with van der Waals surface area (Å²) in [5, 5.41) is 25.6. The van der Waals surface area contributed by atoms with Gasteiger partial charge in [-0.2, -0.15) is 0 Å². The predicted octanol–water partition coefficient (Wildman–Crippen LogP) is 18.4. The summed E-state index contributed by atoms with van der Waals surface area (Å²) in [5.41, 5.74) is 19.8. The van der Waals surface area contributed by atoms with Crippen molar-refractivity contribution in [1.82, 2.24) is 37.9 Å². The molecule has 8 aromatic heterocycles. The Hall–Kier alpha value is -11.5. The van der Waals surface area contributed by atoms with Gasteiger partial charge in [0.25, 0.3) is 0 Å². The van der Waals surface area contributed by atoms with Crippen LogP contribution in [0.3, 0.4) is 0 Å². The van der Waals surface area contributed by atoms with Crippen molar-refractivity contribution in [1.29, 1.82) is 0 Å². The van der Waals surface area contributed by atoms with Crippen molar-refractivity contribution in [2.24, 2.45) is 0 Å². The molecule has 0 fully saturated rings. The molecule has 0 saturated carbocycles. The Kier molecular flexibility index (Phi) is 14.4. The summed E-state index contributed by atoms with van der Waals surface area (Å²) in [6.45, 7) is 0. The van der Waals surface area contributed by atoms with E-state index < -0.39 is 7.12 Å². The van der Waals surface area contributed by atoms with Gasteiger partial charge >= 0.3 is 7.12 Å². The van der Waals surface area contributed by atoms with E-state index in [1.807, 2.05) is 103 Å². The largest absolute Gasteiger partial charge is 0.488 e. The number of hydrogen-bond acceptors (Lipinski definition) is 6. The van der Waals surface area contributed by atoms with E-state index >= 15 is 0 Å². The number of nitrogens with zero attached hydrogens (tertiary/aromatic N) is 8. The third kappa shape index (κ3) is 10.0. The monoisotopic (exact) mass is 1250 g/mol. The van der Waals surface area contributed by atoms with E-state index in [2.05, 4.69) is 245 Å². The molecule has 18 aromatic rings. The number of pyridine rings is 4. The quantitative estimate of drug-likeness (QED) is 0.147. The normalized spacial score (nSPS) is 11.4. The second kappa shape index (κ2) is 23.8. The molecular formula is C80H54BBrN8O2. The third-order valence-corrected chi connectivity index (χ3v) is 17.6. The molecule has 0 atom stereocenters. The van der Waals surface area contributed by atoms with Crippen molar-refractivity contribution in [2.75, 3.05) is 0 Å².